The first kappa shape index (κ1) is 55.0. The minimum absolute atomic E-state index is 0. The predicted molar refractivity (Wildman–Crippen MR) is 305 cm³/mol. The molecule has 6 rings (SSSR count). The highest BCUT2D eigenvalue weighted by Crippen LogP contribution is 2.36. The minimum Gasteiger partial charge on any atom is -0.140 e. The molecular formula is C61H82Br2S2. The fraction of sp³-hybridized carbons (Fsp3) is 0.541. The van der Waals surface area contributed by atoms with Gasteiger partial charge in [-0.15, -0.1) is 22.7 Å². The number of rotatable bonds is 26. The molecule has 65 heavy (non-hydrogen) atoms. The largest absolute Gasteiger partial charge is 0.140 e. The molecule has 0 radical (unpaired) electrons. The average molecular weight is 1040 g/mol. The van der Waals surface area contributed by atoms with Gasteiger partial charge in [-0.3, -0.25) is 0 Å². The van der Waals surface area contributed by atoms with Crippen molar-refractivity contribution in [2.45, 2.75) is 215 Å². The number of aryl methyl sites for hydroxylation is 2. The van der Waals surface area contributed by atoms with Gasteiger partial charge in [-0.05, 0) is 163 Å². The zero-order valence-electron chi connectivity index (χ0n) is 40.1. The molecule has 0 unspecified atom stereocenters. The molecule has 6 aromatic rings. The van der Waals surface area contributed by atoms with E-state index in [2.05, 4.69) is 144 Å². The minimum atomic E-state index is 0. The van der Waals surface area contributed by atoms with Gasteiger partial charge in [0.2, 0.25) is 0 Å². The van der Waals surface area contributed by atoms with Crippen molar-refractivity contribution in [1.82, 2.24) is 0 Å². The molecule has 0 saturated heterocycles. The lowest BCUT2D eigenvalue weighted by Crippen LogP contribution is -1.85. The Bertz CT molecular complexity index is 2170. The number of halogens is 2. The Kier molecular flexibility index (Phi) is 27.2. The van der Waals surface area contributed by atoms with Crippen LogP contribution >= 0.6 is 54.5 Å². The van der Waals surface area contributed by atoms with E-state index in [0.717, 1.165) is 32.9 Å². The first-order valence-electron chi connectivity index (χ1n) is 25.7. The molecule has 0 aliphatic heterocycles. The van der Waals surface area contributed by atoms with Crippen LogP contribution in [-0.2, 0) is 12.8 Å². The van der Waals surface area contributed by atoms with Crippen LogP contribution < -0.4 is 0 Å². The van der Waals surface area contributed by atoms with E-state index < -0.39 is 0 Å². The van der Waals surface area contributed by atoms with Crippen LogP contribution in [0.2, 0.25) is 0 Å². The summed E-state index contributed by atoms with van der Waals surface area (Å²) in [4.78, 5) is 3.13. The third-order valence-electron chi connectivity index (χ3n) is 12.5. The summed E-state index contributed by atoms with van der Waals surface area (Å²) in [6, 6.07) is 23.4. The second-order valence-corrected chi connectivity index (χ2v) is 22.3. The molecule has 4 heteroatoms. The second-order valence-electron chi connectivity index (χ2n) is 18.2. The van der Waals surface area contributed by atoms with Gasteiger partial charge in [0.15, 0.2) is 0 Å². The molecule has 0 nitrogen and oxygen atoms in total. The number of thiophene rings is 2. The van der Waals surface area contributed by atoms with E-state index >= 15 is 0 Å². The van der Waals surface area contributed by atoms with Crippen molar-refractivity contribution in [3.05, 3.63) is 90.5 Å². The third kappa shape index (κ3) is 19.5. The predicted octanol–water partition coefficient (Wildman–Crippen LogP) is 22.3. The van der Waals surface area contributed by atoms with Crippen molar-refractivity contribution in [2.75, 3.05) is 0 Å². The second kappa shape index (κ2) is 32.2. The summed E-state index contributed by atoms with van der Waals surface area (Å²) >= 11 is 11.5. The molecule has 0 fully saturated rings. The van der Waals surface area contributed by atoms with E-state index in [9.17, 15) is 0 Å². The molecule has 0 atom stereocenters. The van der Waals surface area contributed by atoms with E-state index in [1.54, 1.807) is 9.75 Å². The van der Waals surface area contributed by atoms with Crippen LogP contribution in [0.3, 0.4) is 0 Å². The Hall–Kier alpha value is -2.60. The topological polar surface area (TPSA) is 0 Å². The number of benzene rings is 4. The number of hydrogen-bond acceptors (Lipinski definition) is 2. The van der Waals surface area contributed by atoms with E-state index in [1.165, 1.54) is 209 Å². The zero-order valence-corrected chi connectivity index (χ0v) is 44.9. The monoisotopic (exact) mass is 1040 g/mol. The van der Waals surface area contributed by atoms with Crippen LogP contribution in [0.1, 0.15) is 223 Å². The van der Waals surface area contributed by atoms with E-state index in [1.807, 2.05) is 22.7 Å². The van der Waals surface area contributed by atoms with Crippen molar-refractivity contribution in [2.24, 2.45) is 0 Å². The average Bonchev–Trinajstić information content (AvgIpc) is 3.89. The first-order valence-corrected chi connectivity index (χ1v) is 28.9. The van der Waals surface area contributed by atoms with E-state index in [-0.39, 0.29) is 7.43 Å². The molecule has 0 N–H and O–H groups in total. The Labute approximate surface area is 422 Å². The molecule has 0 saturated carbocycles. The molecule has 2 heterocycles. The summed E-state index contributed by atoms with van der Waals surface area (Å²) in [5.74, 6) is 13.5. The highest BCUT2D eigenvalue weighted by atomic mass is 79.9. The highest BCUT2D eigenvalue weighted by molar-refractivity contribution is 9.10. The van der Waals surface area contributed by atoms with Crippen molar-refractivity contribution >= 4 is 96.3 Å². The molecule has 0 aliphatic carbocycles. The fourth-order valence-corrected chi connectivity index (χ4v) is 11.8. The fourth-order valence-electron chi connectivity index (χ4n) is 8.63. The smallest absolute Gasteiger partial charge is 0.0393 e. The van der Waals surface area contributed by atoms with Gasteiger partial charge < -0.3 is 0 Å². The number of fused-ring (bicyclic) bond motifs is 4. The van der Waals surface area contributed by atoms with Crippen molar-refractivity contribution in [1.29, 1.82) is 0 Å². The molecule has 4 aromatic carbocycles. The van der Waals surface area contributed by atoms with Gasteiger partial charge in [0.1, 0.15) is 0 Å². The molecule has 0 aliphatic rings. The van der Waals surface area contributed by atoms with Gasteiger partial charge in [0.25, 0.3) is 0 Å². The summed E-state index contributed by atoms with van der Waals surface area (Å²) in [7, 11) is 0. The first-order chi connectivity index (χ1) is 31.4. The summed E-state index contributed by atoms with van der Waals surface area (Å²) in [6.07, 6.45) is 36.7. The normalized spacial score (nSPS) is 11.0. The van der Waals surface area contributed by atoms with E-state index in [0.29, 0.717) is 0 Å². The Morgan fingerprint density at radius 1 is 0.354 bits per heavy atom. The molecule has 0 bridgehead atoms. The molecule has 0 amide bonds. The SMILES string of the molecule is C.CCCCCCCCC#Cc1cc2cc(Br)c(C#CCCCCCCCC)cc2cc1Br.CCCCCCCCc1cc2cc3cc4sc(CCCCCCCC)cc4cc3cc2s1. The van der Waals surface area contributed by atoms with Crippen LogP contribution in [0.15, 0.2) is 69.6 Å². The maximum atomic E-state index is 3.72. The molecule has 352 valence electrons. The van der Waals surface area contributed by atoms with Gasteiger partial charge in [-0.2, -0.15) is 0 Å². The van der Waals surface area contributed by atoms with Crippen LogP contribution in [0, 0.1) is 23.7 Å². The number of hydrogen-bond donors (Lipinski definition) is 0. The maximum Gasteiger partial charge on any atom is 0.0393 e. The Balaban J connectivity index is 0.000000280. The van der Waals surface area contributed by atoms with Crippen molar-refractivity contribution < 1.29 is 0 Å². The number of unbranched alkanes of at least 4 members (excludes halogenated alkanes) is 22. The van der Waals surface area contributed by atoms with Crippen LogP contribution in [-0.4, -0.2) is 0 Å². The lowest BCUT2D eigenvalue weighted by molar-refractivity contribution is 0.609. The van der Waals surface area contributed by atoms with Gasteiger partial charge in [-0.25, -0.2) is 0 Å². The van der Waals surface area contributed by atoms with Gasteiger partial charge >= 0.3 is 0 Å². The maximum absolute atomic E-state index is 3.72. The van der Waals surface area contributed by atoms with Gasteiger partial charge in [0.05, 0.1) is 0 Å². The highest BCUT2D eigenvalue weighted by Gasteiger charge is 2.09. The van der Waals surface area contributed by atoms with Crippen LogP contribution in [0.4, 0.5) is 0 Å². The Morgan fingerprint density at radius 3 is 1.05 bits per heavy atom. The molecular weight excluding hydrogens is 957 g/mol. The van der Waals surface area contributed by atoms with Crippen molar-refractivity contribution in [3.63, 3.8) is 0 Å². The lowest BCUT2D eigenvalue weighted by atomic mass is 10.0. The summed E-state index contributed by atoms with van der Waals surface area (Å²) < 4.78 is 5.04. The summed E-state index contributed by atoms with van der Waals surface area (Å²) in [6.45, 7) is 9.11. The van der Waals surface area contributed by atoms with Gasteiger partial charge in [0, 0.05) is 52.1 Å². The summed E-state index contributed by atoms with van der Waals surface area (Å²) in [5, 5.41) is 8.08. The third-order valence-corrected chi connectivity index (χ3v) is 16.2. The zero-order chi connectivity index (χ0) is 45.2. The van der Waals surface area contributed by atoms with Crippen LogP contribution in [0.5, 0.6) is 0 Å². The molecule has 2 aromatic heterocycles. The Morgan fingerprint density at radius 2 is 0.677 bits per heavy atom. The summed E-state index contributed by atoms with van der Waals surface area (Å²) in [5.41, 5.74) is 2.13. The van der Waals surface area contributed by atoms with E-state index in [4.69, 9.17) is 0 Å². The lowest BCUT2D eigenvalue weighted by Gasteiger charge is -2.05. The van der Waals surface area contributed by atoms with Crippen molar-refractivity contribution in [3.8, 4) is 23.7 Å². The quantitative estimate of drug-likeness (QED) is 0.0375. The van der Waals surface area contributed by atoms with Crippen LogP contribution in [0.25, 0.3) is 41.7 Å². The standard InChI is InChI=1S/C30H38Br2.C30H40S2.CH4/c1-3-5-7-9-11-13-15-17-19-25-21-27-24-30(32)26(22-28(27)23-29(25)31)20-18-16-14-12-10-8-6-4-2;1-3-5-7-9-11-13-15-27-19-25-17-23-22-30-26(18-24(23)21-29(25)31-27)20-28(32-30)16-14-12-10-8-6-4-2;/h21-24H,3-16H2,1-2H3;17-22H,3-16H2,1-2H3;1H4. The molecule has 0 spiro atoms. The van der Waals surface area contributed by atoms with Gasteiger partial charge in [-0.1, -0.05) is 187 Å².